The van der Waals surface area contributed by atoms with E-state index in [0.29, 0.717) is 17.0 Å². The van der Waals surface area contributed by atoms with Gasteiger partial charge >= 0.3 is 5.97 Å². The summed E-state index contributed by atoms with van der Waals surface area (Å²) in [5.41, 5.74) is 4.57. The summed E-state index contributed by atoms with van der Waals surface area (Å²) in [5, 5.41) is 3.89. The molecule has 0 heterocycles. The third kappa shape index (κ3) is 8.51. The summed E-state index contributed by atoms with van der Waals surface area (Å²) in [6.07, 6.45) is 2.47. The van der Waals surface area contributed by atoms with Gasteiger partial charge in [0.2, 0.25) is 10.0 Å². The zero-order chi connectivity index (χ0) is 25.5. The van der Waals surface area contributed by atoms with Crippen molar-refractivity contribution in [1.82, 2.24) is 5.43 Å². The number of hydrogen-bond donors (Lipinski definition) is 1. The van der Waals surface area contributed by atoms with Crippen LogP contribution in [-0.2, 0) is 24.3 Å². The van der Waals surface area contributed by atoms with E-state index in [1.807, 2.05) is 13.0 Å². The van der Waals surface area contributed by atoms with Gasteiger partial charge in [0.1, 0.15) is 17.9 Å². The van der Waals surface area contributed by atoms with Crippen LogP contribution in [-0.4, -0.2) is 51.5 Å². The maximum Gasteiger partial charge on any atom is 0.344 e. The minimum Gasteiger partial charge on any atom is -0.482 e. The topological polar surface area (TPSA) is 114 Å². The number of sulfonamides is 1. The van der Waals surface area contributed by atoms with E-state index in [0.717, 1.165) is 21.7 Å². The van der Waals surface area contributed by atoms with Crippen LogP contribution in [0.25, 0.3) is 0 Å². The monoisotopic (exact) mass is 489 g/mol. The molecule has 0 fully saturated rings. The van der Waals surface area contributed by atoms with Crippen molar-refractivity contribution >= 4 is 33.8 Å². The summed E-state index contributed by atoms with van der Waals surface area (Å²) in [5.74, 6) is -0.575. The Morgan fingerprint density at radius 3 is 2.32 bits per heavy atom. The Morgan fingerprint density at radius 1 is 1.09 bits per heavy atom. The lowest BCUT2D eigenvalue weighted by atomic mass is 10.1. The van der Waals surface area contributed by atoms with E-state index in [2.05, 4.69) is 10.5 Å². The molecule has 1 amide bonds. The second kappa shape index (κ2) is 11.1. The van der Waals surface area contributed by atoms with Gasteiger partial charge in [-0.1, -0.05) is 12.1 Å². The van der Waals surface area contributed by atoms with Gasteiger partial charge in [-0.15, -0.1) is 0 Å². The van der Waals surface area contributed by atoms with Gasteiger partial charge in [0, 0.05) is 0 Å². The Bertz CT molecular complexity index is 1150. The van der Waals surface area contributed by atoms with Crippen LogP contribution in [0.1, 0.15) is 37.5 Å². The predicted molar refractivity (Wildman–Crippen MR) is 132 cm³/mol. The zero-order valence-electron chi connectivity index (χ0n) is 20.3. The number of anilines is 1. The molecule has 34 heavy (non-hydrogen) atoms. The maximum atomic E-state index is 12.4. The van der Waals surface area contributed by atoms with Crippen LogP contribution in [0, 0.1) is 13.8 Å². The Labute approximate surface area is 200 Å². The van der Waals surface area contributed by atoms with Crippen LogP contribution in [0.15, 0.2) is 47.6 Å². The molecule has 2 aromatic rings. The quantitative estimate of drug-likeness (QED) is 0.329. The maximum absolute atomic E-state index is 12.4. The number of carbonyl (C=O) groups is 2. The molecule has 0 unspecified atom stereocenters. The van der Waals surface area contributed by atoms with E-state index in [-0.39, 0.29) is 6.61 Å². The lowest BCUT2D eigenvalue weighted by Crippen LogP contribution is -2.39. The Hall–Kier alpha value is -3.40. The van der Waals surface area contributed by atoms with E-state index >= 15 is 0 Å². The van der Waals surface area contributed by atoms with Crippen LogP contribution in [0.4, 0.5) is 5.69 Å². The van der Waals surface area contributed by atoms with Gasteiger partial charge < -0.3 is 9.47 Å². The minimum atomic E-state index is -3.68. The van der Waals surface area contributed by atoms with E-state index in [1.165, 1.54) is 6.21 Å². The van der Waals surface area contributed by atoms with Crippen molar-refractivity contribution in [3.8, 4) is 5.75 Å². The summed E-state index contributed by atoms with van der Waals surface area (Å²) in [4.78, 5) is 24.1. The van der Waals surface area contributed by atoms with Crippen molar-refractivity contribution < 1.29 is 27.5 Å². The minimum absolute atomic E-state index is 0.210. The van der Waals surface area contributed by atoms with Crippen molar-refractivity contribution in [3.63, 3.8) is 0 Å². The number of nitrogens with one attached hydrogen (secondary N) is 1. The second-order valence-electron chi connectivity index (χ2n) is 8.73. The molecule has 0 atom stereocenters. The molecule has 0 aliphatic heterocycles. The highest BCUT2D eigenvalue weighted by molar-refractivity contribution is 7.92. The van der Waals surface area contributed by atoms with Crippen LogP contribution >= 0.6 is 0 Å². The number of aryl methyl sites for hydroxylation is 1. The molecule has 0 spiro atoms. The van der Waals surface area contributed by atoms with Crippen molar-refractivity contribution in [2.24, 2.45) is 5.10 Å². The SMILES string of the molecule is Cc1cccc(N(CC(=O)N/N=C\c2ccc(OCC(=O)OC(C)(C)C)cc2)S(C)(=O)=O)c1C. The third-order valence-corrected chi connectivity index (χ3v) is 5.72. The van der Waals surface area contributed by atoms with Gasteiger partial charge in [-0.25, -0.2) is 18.6 Å². The number of carbonyl (C=O) groups excluding carboxylic acids is 2. The van der Waals surface area contributed by atoms with Crippen LogP contribution in [0.2, 0.25) is 0 Å². The molecule has 0 bridgehead atoms. The number of hydrogen-bond acceptors (Lipinski definition) is 7. The van der Waals surface area contributed by atoms with Gasteiger partial charge in [0.05, 0.1) is 18.2 Å². The number of benzene rings is 2. The highest BCUT2D eigenvalue weighted by atomic mass is 32.2. The predicted octanol–water partition coefficient (Wildman–Crippen LogP) is 2.94. The molecule has 0 aromatic heterocycles. The van der Waals surface area contributed by atoms with E-state index < -0.39 is 34.0 Å². The lowest BCUT2D eigenvalue weighted by Gasteiger charge is -2.23. The number of rotatable bonds is 9. The van der Waals surface area contributed by atoms with E-state index in [4.69, 9.17) is 9.47 Å². The van der Waals surface area contributed by atoms with Crippen molar-refractivity contribution in [2.45, 2.75) is 40.2 Å². The van der Waals surface area contributed by atoms with Crippen LogP contribution in [0.5, 0.6) is 5.75 Å². The molecule has 184 valence electrons. The fourth-order valence-corrected chi connectivity index (χ4v) is 3.80. The third-order valence-electron chi connectivity index (χ3n) is 4.59. The molecular weight excluding hydrogens is 458 g/mol. The smallest absolute Gasteiger partial charge is 0.344 e. The molecule has 0 radical (unpaired) electrons. The largest absolute Gasteiger partial charge is 0.482 e. The molecule has 10 heteroatoms. The van der Waals surface area contributed by atoms with Crippen molar-refractivity contribution in [1.29, 1.82) is 0 Å². The van der Waals surface area contributed by atoms with Crippen LogP contribution in [0.3, 0.4) is 0 Å². The average Bonchev–Trinajstić information content (AvgIpc) is 2.72. The van der Waals surface area contributed by atoms with E-state index in [9.17, 15) is 18.0 Å². The molecule has 0 aliphatic carbocycles. The summed E-state index contributed by atoms with van der Waals surface area (Å²) in [6, 6.07) is 12.0. The molecule has 9 nitrogen and oxygen atoms in total. The summed E-state index contributed by atoms with van der Waals surface area (Å²) in [7, 11) is -3.68. The van der Waals surface area contributed by atoms with Gasteiger partial charge in [-0.2, -0.15) is 5.10 Å². The normalized spacial score (nSPS) is 11.8. The summed E-state index contributed by atoms with van der Waals surface area (Å²) >= 11 is 0. The first kappa shape index (κ1) is 26.8. The first-order valence-corrected chi connectivity index (χ1v) is 12.4. The highest BCUT2D eigenvalue weighted by Crippen LogP contribution is 2.24. The Morgan fingerprint density at radius 2 is 1.74 bits per heavy atom. The fourth-order valence-electron chi connectivity index (χ4n) is 2.89. The molecule has 0 saturated heterocycles. The molecule has 1 N–H and O–H groups in total. The van der Waals surface area contributed by atoms with Gasteiger partial charge in [-0.3, -0.25) is 9.10 Å². The molecule has 2 rings (SSSR count). The average molecular weight is 490 g/mol. The summed E-state index contributed by atoms with van der Waals surface area (Å²) in [6.45, 7) is 8.40. The number of amides is 1. The Balaban J connectivity index is 1.95. The van der Waals surface area contributed by atoms with Crippen molar-refractivity contribution in [2.75, 3.05) is 23.7 Å². The van der Waals surface area contributed by atoms with Gasteiger partial charge in [-0.05, 0) is 81.6 Å². The van der Waals surface area contributed by atoms with Crippen molar-refractivity contribution in [3.05, 3.63) is 59.2 Å². The number of nitrogens with zero attached hydrogens (tertiary/aromatic N) is 2. The van der Waals surface area contributed by atoms with Crippen LogP contribution < -0.4 is 14.5 Å². The zero-order valence-corrected chi connectivity index (χ0v) is 21.1. The number of ether oxygens (including phenoxy) is 2. The lowest BCUT2D eigenvalue weighted by molar-refractivity contribution is -0.157. The Kier molecular flexibility index (Phi) is 8.80. The first-order valence-electron chi connectivity index (χ1n) is 10.6. The molecule has 2 aromatic carbocycles. The fraction of sp³-hybridized carbons (Fsp3) is 0.375. The highest BCUT2D eigenvalue weighted by Gasteiger charge is 2.22. The standard InChI is InChI=1S/C24H31N3O6S/c1-17-8-7-9-21(18(17)2)27(34(6,30)31)15-22(28)26-25-14-19-10-12-20(13-11-19)32-16-23(29)33-24(3,4)5/h7-14H,15-16H2,1-6H3,(H,26,28)/b25-14-. The number of esters is 1. The van der Waals surface area contributed by atoms with E-state index in [1.54, 1.807) is 64.1 Å². The van der Waals surface area contributed by atoms with Gasteiger partial charge in [0.15, 0.2) is 6.61 Å². The second-order valence-corrected chi connectivity index (χ2v) is 10.6. The van der Waals surface area contributed by atoms with Gasteiger partial charge in [0.25, 0.3) is 5.91 Å². The molecule has 0 saturated carbocycles. The molecule has 0 aliphatic rings. The summed E-state index contributed by atoms with van der Waals surface area (Å²) < 4.78 is 36.2. The first-order chi connectivity index (χ1) is 15.8. The molecular formula is C24H31N3O6S. The number of hydrazone groups is 1.